The number of halogens is 2. The second-order valence-corrected chi connectivity index (χ2v) is 5.78. The third-order valence-corrected chi connectivity index (χ3v) is 4.12. The van der Waals surface area contributed by atoms with Crippen LogP contribution < -0.4 is 0 Å². The van der Waals surface area contributed by atoms with E-state index in [1.54, 1.807) is 30.5 Å². The Kier molecular flexibility index (Phi) is 4.12. The molecule has 3 rings (SSSR count). The molecule has 23 heavy (non-hydrogen) atoms. The smallest absolute Gasteiger partial charge is 0.223 e. The van der Waals surface area contributed by atoms with Crippen LogP contribution in [-0.4, -0.2) is 23.3 Å². The van der Waals surface area contributed by atoms with E-state index in [0.29, 0.717) is 16.8 Å². The van der Waals surface area contributed by atoms with Gasteiger partial charge in [0.2, 0.25) is 22.2 Å². The van der Waals surface area contributed by atoms with Crippen LogP contribution in [-0.2, 0) is 10.3 Å². The van der Waals surface area contributed by atoms with Crippen LogP contribution in [0.15, 0.2) is 48.7 Å². The second kappa shape index (κ2) is 6.21. The first kappa shape index (κ1) is 15.2. The zero-order valence-corrected chi connectivity index (χ0v) is 12.5. The number of rotatable bonds is 2. The first-order chi connectivity index (χ1) is 11.1. The molecule has 0 bridgehead atoms. The molecule has 0 aromatic carbocycles. The lowest BCUT2D eigenvalue weighted by Crippen LogP contribution is -2.08. The number of hydrogen-bond donors (Lipinski definition) is 0. The van der Waals surface area contributed by atoms with E-state index in [9.17, 15) is 17.2 Å². The maximum absolute atomic E-state index is 14.1. The van der Waals surface area contributed by atoms with Crippen molar-refractivity contribution in [1.29, 1.82) is 0 Å². The van der Waals surface area contributed by atoms with E-state index in [0.717, 1.165) is 6.07 Å². The Morgan fingerprint density at radius 1 is 1.04 bits per heavy atom. The van der Waals surface area contributed by atoms with Gasteiger partial charge in [0.1, 0.15) is 0 Å². The molecule has 2 aromatic rings. The zero-order valence-electron chi connectivity index (χ0n) is 11.7. The minimum atomic E-state index is -2.42. The van der Waals surface area contributed by atoms with Gasteiger partial charge in [0, 0.05) is 23.8 Å². The van der Waals surface area contributed by atoms with Gasteiger partial charge in [-0.05, 0) is 35.9 Å². The van der Waals surface area contributed by atoms with E-state index >= 15 is 0 Å². The van der Waals surface area contributed by atoms with Crippen LogP contribution >= 0.6 is 0 Å². The van der Waals surface area contributed by atoms with Crippen molar-refractivity contribution in [2.45, 2.75) is 6.42 Å². The van der Waals surface area contributed by atoms with E-state index in [1.165, 1.54) is 12.1 Å². The maximum Gasteiger partial charge on any atom is 0.223 e. The highest BCUT2D eigenvalue weighted by Crippen LogP contribution is 2.33. The van der Waals surface area contributed by atoms with Crippen LogP contribution in [0.3, 0.4) is 0 Å². The fourth-order valence-corrected chi connectivity index (χ4v) is 2.80. The van der Waals surface area contributed by atoms with Crippen molar-refractivity contribution in [3.05, 3.63) is 71.8 Å². The molecule has 0 saturated carbocycles. The first-order valence-corrected chi connectivity index (χ1v) is 7.74. The van der Waals surface area contributed by atoms with Crippen LogP contribution in [0.5, 0.6) is 0 Å². The molecule has 0 unspecified atom stereocenters. The van der Waals surface area contributed by atoms with Crippen molar-refractivity contribution in [3.8, 4) is 0 Å². The third-order valence-electron chi connectivity index (χ3n) is 3.41. The molecule has 7 heteroatoms. The standard InChI is InChI=1S/C16H10F2N2O2S/c17-15-7-6-12(16(18)20-15)13-9-10(23(21)22)4-5-11(13)14-3-1-2-8-19-14/h1-8H,9H2. The summed E-state index contributed by atoms with van der Waals surface area (Å²) in [5.74, 6) is -1.92. The lowest BCUT2D eigenvalue weighted by atomic mass is 9.90. The van der Waals surface area contributed by atoms with E-state index in [1.807, 2.05) is 0 Å². The van der Waals surface area contributed by atoms with E-state index < -0.39 is 22.2 Å². The molecular weight excluding hydrogens is 322 g/mol. The Morgan fingerprint density at radius 2 is 1.87 bits per heavy atom. The Bertz CT molecular complexity index is 957. The highest BCUT2D eigenvalue weighted by Gasteiger charge is 2.20. The minimum absolute atomic E-state index is 0.0112. The van der Waals surface area contributed by atoms with Crippen LogP contribution in [0.1, 0.15) is 17.7 Å². The molecule has 2 heterocycles. The van der Waals surface area contributed by atoms with Crippen LogP contribution in [0.25, 0.3) is 11.1 Å². The van der Waals surface area contributed by atoms with Crippen LogP contribution in [0, 0.1) is 11.9 Å². The zero-order chi connectivity index (χ0) is 16.4. The number of allylic oxidation sites excluding steroid dienone is 4. The lowest BCUT2D eigenvalue weighted by molar-refractivity contribution is 0.510. The summed E-state index contributed by atoms with van der Waals surface area (Å²) >= 11 is 0. The molecule has 1 aliphatic rings. The molecule has 0 saturated heterocycles. The molecular formula is C16H10F2N2O2S. The summed E-state index contributed by atoms with van der Waals surface area (Å²) in [7, 11) is -2.42. The predicted octanol–water partition coefficient (Wildman–Crippen LogP) is 2.68. The molecule has 1 aliphatic carbocycles. The Hall–Kier alpha value is -2.67. The van der Waals surface area contributed by atoms with Gasteiger partial charge >= 0.3 is 0 Å². The van der Waals surface area contributed by atoms with Gasteiger partial charge < -0.3 is 0 Å². The van der Waals surface area contributed by atoms with Crippen molar-refractivity contribution >= 4 is 26.3 Å². The normalized spacial score (nSPS) is 14.3. The van der Waals surface area contributed by atoms with Gasteiger partial charge in [0.05, 0.1) is 10.6 Å². The highest BCUT2D eigenvalue weighted by atomic mass is 32.2. The monoisotopic (exact) mass is 332 g/mol. The molecule has 116 valence electrons. The molecule has 0 N–H and O–H groups in total. The number of aromatic nitrogens is 2. The summed E-state index contributed by atoms with van der Waals surface area (Å²) in [5.41, 5.74) is 1.60. The first-order valence-electron chi connectivity index (χ1n) is 6.66. The lowest BCUT2D eigenvalue weighted by Gasteiger charge is -2.16. The van der Waals surface area contributed by atoms with Crippen molar-refractivity contribution in [1.82, 2.24) is 9.97 Å². The van der Waals surface area contributed by atoms with E-state index in [2.05, 4.69) is 9.97 Å². The molecule has 0 fully saturated rings. The average Bonchev–Trinajstić information content (AvgIpc) is 2.55. The number of nitrogens with zero attached hydrogens (tertiary/aromatic N) is 2. The van der Waals surface area contributed by atoms with Gasteiger partial charge in [-0.1, -0.05) is 12.1 Å². The summed E-state index contributed by atoms with van der Waals surface area (Å²) in [5, 5.41) is 0. The van der Waals surface area contributed by atoms with E-state index in [-0.39, 0.29) is 16.8 Å². The molecule has 2 aromatic heterocycles. The third kappa shape index (κ3) is 3.09. The van der Waals surface area contributed by atoms with Crippen molar-refractivity contribution in [3.63, 3.8) is 0 Å². The topological polar surface area (TPSA) is 59.9 Å². The Labute approximate surface area is 132 Å². The molecule has 0 amide bonds. The quantitative estimate of drug-likeness (QED) is 0.627. The molecule has 0 atom stereocenters. The van der Waals surface area contributed by atoms with Crippen molar-refractivity contribution < 1.29 is 17.2 Å². The number of hydrogen-bond acceptors (Lipinski definition) is 4. The fraction of sp³-hybridized carbons (Fsp3) is 0.0625. The molecule has 0 radical (unpaired) electrons. The van der Waals surface area contributed by atoms with Gasteiger partial charge in [-0.15, -0.1) is 0 Å². The molecule has 4 nitrogen and oxygen atoms in total. The summed E-state index contributed by atoms with van der Waals surface area (Å²) in [6.07, 6.45) is 4.58. The van der Waals surface area contributed by atoms with Gasteiger partial charge in [0.15, 0.2) is 0 Å². The van der Waals surface area contributed by atoms with Gasteiger partial charge in [-0.25, -0.2) is 0 Å². The Balaban J connectivity index is 2.25. The van der Waals surface area contributed by atoms with Gasteiger partial charge in [-0.3, -0.25) is 4.98 Å². The van der Waals surface area contributed by atoms with Crippen LogP contribution in [0.4, 0.5) is 8.78 Å². The molecule has 0 spiro atoms. The Morgan fingerprint density at radius 3 is 2.52 bits per heavy atom. The maximum atomic E-state index is 14.1. The number of pyridine rings is 2. The molecule has 0 aliphatic heterocycles. The second-order valence-electron chi connectivity index (χ2n) is 4.79. The van der Waals surface area contributed by atoms with Crippen LogP contribution in [0.2, 0.25) is 0 Å². The highest BCUT2D eigenvalue weighted by molar-refractivity contribution is 7.73. The van der Waals surface area contributed by atoms with Crippen molar-refractivity contribution in [2.75, 3.05) is 0 Å². The summed E-state index contributed by atoms with van der Waals surface area (Å²) in [6.45, 7) is 0. The fourth-order valence-electron chi connectivity index (χ4n) is 2.36. The minimum Gasteiger partial charge on any atom is -0.256 e. The SMILES string of the molecule is O=S(=O)=C1C=CC(c2ccccn2)=C(c2ccc(F)nc2F)C1. The summed E-state index contributed by atoms with van der Waals surface area (Å²) in [6, 6.07) is 7.52. The average molecular weight is 332 g/mol. The van der Waals surface area contributed by atoms with Gasteiger partial charge in [-0.2, -0.15) is 22.2 Å². The predicted molar refractivity (Wildman–Crippen MR) is 82.9 cm³/mol. The summed E-state index contributed by atoms with van der Waals surface area (Å²) in [4.78, 5) is 7.49. The summed E-state index contributed by atoms with van der Waals surface area (Å²) < 4.78 is 49.5. The van der Waals surface area contributed by atoms with Gasteiger partial charge in [0.25, 0.3) is 0 Å². The van der Waals surface area contributed by atoms with Crippen molar-refractivity contribution in [2.24, 2.45) is 0 Å². The largest absolute Gasteiger partial charge is 0.256 e. The van der Waals surface area contributed by atoms with E-state index in [4.69, 9.17) is 0 Å².